The molecular weight excluding hydrogens is 348 g/mol. The molecule has 0 radical (unpaired) electrons. The summed E-state index contributed by atoms with van der Waals surface area (Å²) in [5.74, 6) is 1.94. The molecule has 3 rings (SSSR count). The standard InChI is InChI=1S/C20H26N2O5/c1-20(2,3)27-19(23)22-9-7-13(12-22)26-16-6-8-21-15-11-18(25-5)17(24-4)10-14(15)16/h6,8,10-11,13H,7,9,12H2,1-5H3/t13-/m0/s1. The molecule has 2 heterocycles. The normalized spacial score (nSPS) is 17.1. The minimum absolute atomic E-state index is 0.101. The highest BCUT2D eigenvalue weighted by Gasteiger charge is 2.31. The zero-order valence-electron chi connectivity index (χ0n) is 16.4. The van der Waals surface area contributed by atoms with Gasteiger partial charge in [-0.25, -0.2) is 4.79 Å². The number of ether oxygens (including phenoxy) is 4. The van der Waals surface area contributed by atoms with Gasteiger partial charge < -0.3 is 23.8 Å². The Morgan fingerprint density at radius 1 is 1.15 bits per heavy atom. The molecule has 0 bridgehead atoms. The molecule has 1 amide bonds. The van der Waals surface area contributed by atoms with Gasteiger partial charge in [-0.15, -0.1) is 0 Å². The van der Waals surface area contributed by atoms with Gasteiger partial charge in [-0.1, -0.05) is 0 Å². The first-order valence-corrected chi connectivity index (χ1v) is 8.96. The molecule has 0 unspecified atom stereocenters. The highest BCUT2D eigenvalue weighted by Crippen LogP contribution is 2.36. The van der Waals surface area contributed by atoms with Crippen molar-refractivity contribution in [2.24, 2.45) is 0 Å². The van der Waals surface area contributed by atoms with Crippen LogP contribution in [0.5, 0.6) is 17.2 Å². The Bertz CT molecular complexity index is 831. The van der Waals surface area contributed by atoms with Crippen LogP contribution in [0.4, 0.5) is 4.79 Å². The number of fused-ring (bicyclic) bond motifs is 1. The maximum absolute atomic E-state index is 12.2. The molecule has 1 aliphatic rings. The van der Waals surface area contributed by atoms with E-state index in [0.29, 0.717) is 30.3 Å². The van der Waals surface area contributed by atoms with Gasteiger partial charge in [0.25, 0.3) is 0 Å². The lowest BCUT2D eigenvalue weighted by Crippen LogP contribution is -2.36. The van der Waals surface area contributed by atoms with Crippen molar-refractivity contribution in [2.45, 2.75) is 38.9 Å². The molecule has 1 aliphatic heterocycles. The van der Waals surface area contributed by atoms with Gasteiger partial charge in [0.15, 0.2) is 11.5 Å². The van der Waals surface area contributed by atoms with Gasteiger partial charge >= 0.3 is 6.09 Å². The maximum atomic E-state index is 12.2. The summed E-state index contributed by atoms with van der Waals surface area (Å²) in [4.78, 5) is 18.3. The van der Waals surface area contributed by atoms with Crippen molar-refractivity contribution in [2.75, 3.05) is 27.3 Å². The zero-order valence-corrected chi connectivity index (χ0v) is 16.4. The Kier molecular flexibility index (Phi) is 5.30. The summed E-state index contributed by atoms with van der Waals surface area (Å²) in [6, 6.07) is 5.50. The average Bonchev–Trinajstić information content (AvgIpc) is 3.08. The van der Waals surface area contributed by atoms with Crippen molar-refractivity contribution in [3.63, 3.8) is 0 Å². The van der Waals surface area contributed by atoms with E-state index >= 15 is 0 Å². The lowest BCUT2D eigenvalue weighted by atomic mass is 10.1. The number of likely N-dealkylation sites (tertiary alicyclic amines) is 1. The highest BCUT2D eigenvalue weighted by molar-refractivity contribution is 5.88. The molecule has 146 valence electrons. The number of carbonyl (C=O) groups excluding carboxylic acids is 1. The van der Waals surface area contributed by atoms with Gasteiger partial charge in [-0.05, 0) is 32.9 Å². The molecular formula is C20H26N2O5. The SMILES string of the molecule is COc1cc2nccc(O[C@H]3CCN(C(=O)OC(C)(C)C)C3)c2cc1OC. The monoisotopic (exact) mass is 374 g/mol. The van der Waals surface area contributed by atoms with Crippen molar-refractivity contribution in [3.05, 3.63) is 24.4 Å². The second-order valence-electron chi connectivity index (χ2n) is 7.49. The number of methoxy groups -OCH3 is 2. The lowest BCUT2D eigenvalue weighted by molar-refractivity contribution is 0.0276. The molecule has 27 heavy (non-hydrogen) atoms. The van der Waals surface area contributed by atoms with E-state index in [-0.39, 0.29) is 12.2 Å². The first-order chi connectivity index (χ1) is 12.8. The van der Waals surface area contributed by atoms with Gasteiger partial charge in [0.1, 0.15) is 17.5 Å². The number of rotatable bonds is 4. The zero-order chi connectivity index (χ0) is 19.6. The van der Waals surface area contributed by atoms with E-state index in [1.807, 2.05) is 39.0 Å². The molecule has 7 nitrogen and oxygen atoms in total. The summed E-state index contributed by atoms with van der Waals surface area (Å²) in [5.41, 5.74) is 0.250. The van der Waals surface area contributed by atoms with Crippen LogP contribution in [0.3, 0.4) is 0 Å². The Hall–Kier alpha value is -2.70. The minimum atomic E-state index is -0.507. The van der Waals surface area contributed by atoms with Gasteiger partial charge in [-0.3, -0.25) is 4.98 Å². The third-order valence-electron chi connectivity index (χ3n) is 4.30. The van der Waals surface area contributed by atoms with Crippen LogP contribution < -0.4 is 14.2 Å². The summed E-state index contributed by atoms with van der Waals surface area (Å²) in [5, 5.41) is 0.839. The molecule has 1 saturated heterocycles. The fraction of sp³-hybridized carbons (Fsp3) is 0.500. The largest absolute Gasteiger partial charge is 0.493 e. The van der Waals surface area contributed by atoms with Crippen molar-refractivity contribution in [1.82, 2.24) is 9.88 Å². The number of amides is 1. The molecule has 2 aromatic rings. The van der Waals surface area contributed by atoms with Crippen molar-refractivity contribution in [1.29, 1.82) is 0 Å². The quantitative estimate of drug-likeness (QED) is 0.814. The molecule has 1 atom stereocenters. The number of hydrogen-bond donors (Lipinski definition) is 0. The molecule has 0 aliphatic carbocycles. The molecule has 0 spiro atoms. The van der Waals surface area contributed by atoms with Crippen LogP contribution in [-0.4, -0.2) is 55.0 Å². The summed E-state index contributed by atoms with van der Waals surface area (Å²) in [6.45, 7) is 6.69. The van der Waals surface area contributed by atoms with Gasteiger partial charge in [-0.2, -0.15) is 0 Å². The number of benzene rings is 1. The number of pyridine rings is 1. The first kappa shape index (κ1) is 19.1. The first-order valence-electron chi connectivity index (χ1n) is 8.96. The van der Waals surface area contributed by atoms with E-state index in [1.165, 1.54) is 0 Å². The number of hydrogen-bond acceptors (Lipinski definition) is 6. The molecule has 7 heteroatoms. The molecule has 1 aromatic carbocycles. The summed E-state index contributed by atoms with van der Waals surface area (Å²) < 4.78 is 22.3. The summed E-state index contributed by atoms with van der Waals surface area (Å²) >= 11 is 0. The van der Waals surface area contributed by atoms with Crippen LogP contribution in [0.1, 0.15) is 27.2 Å². The Balaban J connectivity index is 1.76. The summed E-state index contributed by atoms with van der Waals surface area (Å²) in [7, 11) is 3.18. The second kappa shape index (κ2) is 7.50. The maximum Gasteiger partial charge on any atom is 0.410 e. The van der Waals surface area contributed by atoms with Crippen LogP contribution in [-0.2, 0) is 4.74 Å². The van der Waals surface area contributed by atoms with E-state index in [9.17, 15) is 4.79 Å². The average molecular weight is 374 g/mol. The second-order valence-corrected chi connectivity index (χ2v) is 7.49. The van der Waals surface area contributed by atoms with Crippen molar-refractivity contribution >= 4 is 17.0 Å². The Labute approximate surface area is 159 Å². The topological polar surface area (TPSA) is 70.1 Å². The van der Waals surface area contributed by atoms with Crippen LogP contribution in [0.15, 0.2) is 24.4 Å². The molecule has 1 aromatic heterocycles. The van der Waals surface area contributed by atoms with E-state index in [0.717, 1.165) is 17.3 Å². The molecule has 1 fully saturated rings. The molecule has 0 saturated carbocycles. The Morgan fingerprint density at radius 3 is 2.52 bits per heavy atom. The fourth-order valence-corrected chi connectivity index (χ4v) is 3.05. The third-order valence-corrected chi connectivity index (χ3v) is 4.30. The van der Waals surface area contributed by atoms with Crippen LogP contribution >= 0.6 is 0 Å². The van der Waals surface area contributed by atoms with Gasteiger partial charge in [0.2, 0.25) is 0 Å². The van der Waals surface area contributed by atoms with E-state index in [4.69, 9.17) is 18.9 Å². The van der Waals surface area contributed by atoms with Crippen LogP contribution in [0, 0.1) is 0 Å². The van der Waals surface area contributed by atoms with Crippen molar-refractivity contribution in [3.8, 4) is 17.2 Å². The Morgan fingerprint density at radius 2 is 1.85 bits per heavy atom. The smallest absolute Gasteiger partial charge is 0.410 e. The van der Waals surface area contributed by atoms with Crippen LogP contribution in [0.2, 0.25) is 0 Å². The van der Waals surface area contributed by atoms with E-state index in [2.05, 4.69) is 4.98 Å². The number of aromatic nitrogens is 1. The van der Waals surface area contributed by atoms with E-state index < -0.39 is 5.60 Å². The summed E-state index contributed by atoms with van der Waals surface area (Å²) in [6.07, 6.45) is 2.04. The highest BCUT2D eigenvalue weighted by atomic mass is 16.6. The predicted octanol–water partition coefficient (Wildman–Crippen LogP) is 3.64. The minimum Gasteiger partial charge on any atom is -0.493 e. The molecule has 0 N–H and O–H groups in total. The van der Waals surface area contributed by atoms with Crippen LogP contribution in [0.25, 0.3) is 10.9 Å². The third kappa shape index (κ3) is 4.35. The van der Waals surface area contributed by atoms with Gasteiger partial charge in [0, 0.05) is 30.6 Å². The lowest BCUT2D eigenvalue weighted by Gasteiger charge is -2.24. The van der Waals surface area contributed by atoms with Crippen molar-refractivity contribution < 1.29 is 23.7 Å². The van der Waals surface area contributed by atoms with E-state index in [1.54, 1.807) is 25.3 Å². The fourth-order valence-electron chi connectivity index (χ4n) is 3.05. The number of nitrogens with zero attached hydrogens (tertiary/aromatic N) is 2. The van der Waals surface area contributed by atoms with Gasteiger partial charge in [0.05, 0.1) is 26.3 Å². The predicted molar refractivity (Wildman–Crippen MR) is 102 cm³/mol. The number of carbonyl (C=O) groups is 1.